The maximum atomic E-state index is 12.5. The molecule has 0 unspecified atom stereocenters. The van der Waals surface area contributed by atoms with E-state index in [1.54, 1.807) is 25.3 Å². The molecular formula is C13H20N2O3S. The van der Waals surface area contributed by atoms with Crippen LogP contribution in [-0.4, -0.2) is 39.0 Å². The first-order chi connectivity index (χ1) is 9.07. The van der Waals surface area contributed by atoms with E-state index in [0.29, 0.717) is 24.5 Å². The highest BCUT2D eigenvalue weighted by atomic mass is 32.2. The summed E-state index contributed by atoms with van der Waals surface area (Å²) < 4.78 is 31.8. The Hall–Kier alpha value is -0.950. The maximum Gasteiger partial charge on any atom is 0.243 e. The molecule has 2 rings (SSSR count). The fourth-order valence-corrected chi connectivity index (χ4v) is 3.83. The second-order valence-electron chi connectivity index (χ2n) is 4.69. The van der Waals surface area contributed by atoms with Gasteiger partial charge in [0, 0.05) is 26.7 Å². The Morgan fingerprint density at radius 3 is 2.63 bits per heavy atom. The number of rotatable bonds is 4. The van der Waals surface area contributed by atoms with Gasteiger partial charge in [-0.25, -0.2) is 8.42 Å². The molecule has 0 aromatic heterocycles. The molecule has 0 radical (unpaired) electrons. The van der Waals surface area contributed by atoms with Gasteiger partial charge in [-0.15, -0.1) is 0 Å². The third-order valence-corrected chi connectivity index (χ3v) is 5.40. The molecule has 106 valence electrons. The summed E-state index contributed by atoms with van der Waals surface area (Å²) in [5.41, 5.74) is 6.38. The molecule has 2 N–H and O–H groups in total. The fourth-order valence-electron chi connectivity index (χ4n) is 2.29. The van der Waals surface area contributed by atoms with Crippen molar-refractivity contribution in [3.63, 3.8) is 0 Å². The molecule has 1 aromatic rings. The minimum absolute atomic E-state index is 0.168. The lowest BCUT2D eigenvalue weighted by molar-refractivity contribution is 0.0604. The van der Waals surface area contributed by atoms with Crippen molar-refractivity contribution in [2.24, 2.45) is 5.73 Å². The van der Waals surface area contributed by atoms with Crippen LogP contribution in [0.25, 0.3) is 0 Å². The molecule has 0 bridgehead atoms. The standard InChI is InChI=1S/C13H20N2O3S/c1-18-12-5-7-15(8-6-12)19(16,17)13-4-2-3-11(9-13)10-14/h2-4,9,12H,5-8,10,14H2,1H3. The number of sulfonamides is 1. The molecule has 0 atom stereocenters. The first-order valence-electron chi connectivity index (χ1n) is 6.40. The molecule has 5 nitrogen and oxygen atoms in total. The largest absolute Gasteiger partial charge is 0.381 e. The first-order valence-corrected chi connectivity index (χ1v) is 7.84. The second kappa shape index (κ2) is 6.00. The van der Waals surface area contributed by atoms with Crippen molar-refractivity contribution >= 4 is 10.0 Å². The molecule has 1 aliphatic rings. The predicted octanol–water partition coefficient (Wildman–Crippen LogP) is 0.945. The van der Waals surface area contributed by atoms with Crippen LogP contribution < -0.4 is 5.73 Å². The number of methoxy groups -OCH3 is 1. The molecule has 1 aliphatic heterocycles. The van der Waals surface area contributed by atoms with Gasteiger partial charge in [0.1, 0.15) is 0 Å². The van der Waals surface area contributed by atoms with Crippen LogP contribution in [0.1, 0.15) is 18.4 Å². The van der Waals surface area contributed by atoms with Crippen LogP contribution in [0.2, 0.25) is 0 Å². The maximum absolute atomic E-state index is 12.5. The number of benzene rings is 1. The van der Waals surface area contributed by atoms with Gasteiger partial charge in [0.2, 0.25) is 10.0 Å². The van der Waals surface area contributed by atoms with Crippen molar-refractivity contribution in [3.8, 4) is 0 Å². The van der Waals surface area contributed by atoms with Gasteiger partial charge in [0.25, 0.3) is 0 Å². The molecule has 6 heteroatoms. The first kappa shape index (κ1) is 14.5. The molecule has 1 fully saturated rings. The topological polar surface area (TPSA) is 72.6 Å². The Labute approximate surface area is 114 Å². The van der Waals surface area contributed by atoms with Crippen molar-refractivity contribution in [1.29, 1.82) is 0 Å². The van der Waals surface area contributed by atoms with E-state index in [1.807, 2.05) is 6.07 Å². The number of hydrogen-bond donors (Lipinski definition) is 1. The van der Waals surface area contributed by atoms with Gasteiger partial charge in [-0.1, -0.05) is 12.1 Å². The van der Waals surface area contributed by atoms with Crippen LogP contribution in [0.3, 0.4) is 0 Å². The van der Waals surface area contributed by atoms with E-state index in [4.69, 9.17) is 10.5 Å². The van der Waals surface area contributed by atoms with E-state index in [0.717, 1.165) is 18.4 Å². The molecule has 1 saturated heterocycles. The van der Waals surface area contributed by atoms with Crippen molar-refractivity contribution in [2.75, 3.05) is 20.2 Å². The second-order valence-corrected chi connectivity index (χ2v) is 6.63. The lowest BCUT2D eigenvalue weighted by Gasteiger charge is -2.30. The summed E-state index contributed by atoms with van der Waals surface area (Å²) in [5, 5.41) is 0. The van der Waals surface area contributed by atoms with Crippen molar-refractivity contribution in [2.45, 2.75) is 30.4 Å². The summed E-state index contributed by atoms with van der Waals surface area (Å²) in [6.45, 7) is 1.36. The van der Waals surface area contributed by atoms with Gasteiger partial charge < -0.3 is 10.5 Å². The average molecular weight is 284 g/mol. The van der Waals surface area contributed by atoms with E-state index in [9.17, 15) is 8.42 Å². The zero-order chi connectivity index (χ0) is 13.9. The van der Waals surface area contributed by atoms with Crippen LogP contribution in [0.4, 0.5) is 0 Å². The summed E-state index contributed by atoms with van der Waals surface area (Å²) in [7, 11) is -1.74. The van der Waals surface area contributed by atoms with E-state index in [-0.39, 0.29) is 6.10 Å². The highest BCUT2D eigenvalue weighted by molar-refractivity contribution is 7.89. The van der Waals surface area contributed by atoms with Crippen molar-refractivity contribution in [3.05, 3.63) is 29.8 Å². The third-order valence-electron chi connectivity index (χ3n) is 3.51. The minimum Gasteiger partial charge on any atom is -0.381 e. The Balaban J connectivity index is 2.18. The van der Waals surface area contributed by atoms with E-state index < -0.39 is 10.0 Å². The molecule has 1 aromatic carbocycles. The third kappa shape index (κ3) is 3.14. The molecular weight excluding hydrogens is 264 g/mol. The molecule has 0 amide bonds. The molecule has 0 spiro atoms. The Morgan fingerprint density at radius 1 is 1.37 bits per heavy atom. The van der Waals surface area contributed by atoms with Crippen molar-refractivity contribution < 1.29 is 13.2 Å². The summed E-state index contributed by atoms with van der Waals surface area (Å²) in [6.07, 6.45) is 1.65. The number of piperidine rings is 1. The highest BCUT2D eigenvalue weighted by Gasteiger charge is 2.29. The summed E-state index contributed by atoms with van der Waals surface area (Å²) in [5.74, 6) is 0. The van der Waals surface area contributed by atoms with Gasteiger partial charge in [-0.3, -0.25) is 0 Å². The molecule has 0 aliphatic carbocycles. The number of ether oxygens (including phenoxy) is 1. The summed E-state index contributed by atoms with van der Waals surface area (Å²) in [4.78, 5) is 0.325. The van der Waals surface area contributed by atoms with Gasteiger partial charge in [0.15, 0.2) is 0 Å². The van der Waals surface area contributed by atoms with E-state index in [2.05, 4.69) is 0 Å². The Bertz CT molecular complexity index is 522. The zero-order valence-corrected chi connectivity index (χ0v) is 11.9. The Kier molecular flexibility index (Phi) is 4.57. The number of nitrogens with zero attached hydrogens (tertiary/aromatic N) is 1. The average Bonchev–Trinajstić information content (AvgIpc) is 2.47. The van der Waals surface area contributed by atoms with Gasteiger partial charge in [0.05, 0.1) is 11.0 Å². The summed E-state index contributed by atoms with van der Waals surface area (Å²) in [6, 6.07) is 6.84. The Morgan fingerprint density at radius 2 is 2.05 bits per heavy atom. The number of nitrogens with two attached hydrogens (primary N) is 1. The van der Waals surface area contributed by atoms with Crippen LogP contribution in [0.5, 0.6) is 0 Å². The lowest BCUT2D eigenvalue weighted by atomic mass is 10.1. The van der Waals surface area contributed by atoms with Gasteiger partial charge in [-0.2, -0.15) is 4.31 Å². The normalized spacial score (nSPS) is 18.6. The zero-order valence-electron chi connectivity index (χ0n) is 11.1. The lowest BCUT2D eigenvalue weighted by Crippen LogP contribution is -2.40. The highest BCUT2D eigenvalue weighted by Crippen LogP contribution is 2.22. The quantitative estimate of drug-likeness (QED) is 0.893. The van der Waals surface area contributed by atoms with Crippen LogP contribution >= 0.6 is 0 Å². The minimum atomic E-state index is -3.40. The monoisotopic (exact) mass is 284 g/mol. The smallest absolute Gasteiger partial charge is 0.243 e. The SMILES string of the molecule is COC1CCN(S(=O)(=O)c2cccc(CN)c2)CC1. The summed E-state index contributed by atoms with van der Waals surface area (Å²) >= 11 is 0. The van der Waals surface area contributed by atoms with E-state index >= 15 is 0 Å². The van der Waals surface area contributed by atoms with Crippen molar-refractivity contribution in [1.82, 2.24) is 4.31 Å². The molecule has 1 heterocycles. The van der Waals surface area contributed by atoms with Crippen LogP contribution in [0.15, 0.2) is 29.2 Å². The predicted molar refractivity (Wildman–Crippen MR) is 73.1 cm³/mol. The number of hydrogen-bond acceptors (Lipinski definition) is 4. The van der Waals surface area contributed by atoms with Gasteiger partial charge >= 0.3 is 0 Å². The van der Waals surface area contributed by atoms with Crippen LogP contribution in [-0.2, 0) is 21.3 Å². The van der Waals surface area contributed by atoms with Gasteiger partial charge in [-0.05, 0) is 30.5 Å². The molecule has 19 heavy (non-hydrogen) atoms. The molecule has 0 saturated carbocycles. The van der Waals surface area contributed by atoms with E-state index in [1.165, 1.54) is 4.31 Å². The van der Waals surface area contributed by atoms with Crippen LogP contribution in [0, 0.1) is 0 Å². The fraction of sp³-hybridized carbons (Fsp3) is 0.538.